The molecule has 0 aliphatic carbocycles. The van der Waals surface area contributed by atoms with Gasteiger partial charge in [-0.3, -0.25) is 4.79 Å². The summed E-state index contributed by atoms with van der Waals surface area (Å²) in [5.41, 5.74) is 5.60. The Morgan fingerprint density at radius 3 is 2.57 bits per heavy atom. The predicted octanol–water partition coefficient (Wildman–Crippen LogP) is 6.86. The van der Waals surface area contributed by atoms with Gasteiger partial charge in [0, 0.05) is 21.6 Å². The van der Waals surface area contributed by atoms with Gasteiger partial charge in [-0.05, 0) is 65.9 Å². The van der Waals surface area contributed by atoms with Crippen LogP contribution in [0.1, 0.15) is 27.8 Å². The lowest BCUT2D eigenvalue weighted by Crippen LogP contribution is -2.14. The van der Waals surface area contributed by atoms with Crippen molar-refractivity contribution in [1.82, 2.24) is 0 Å². The number of carbonyl (C=O) groups excluding carboxylic acids is 1. The van der Waals surface area contributed by atoms with Crippen molar-refractivity contribution in [2.75, 3.05) is 5.32 Å². The van der Waals surface area contributed by atoms with Crippen LogP contribution in [0.4, 0.5) is 5.69 Å². The van der Waals surface area contributed by atoms with Gasteiger partial charge in [-0.2, -0.15) is 5.26 Å². The molecule has 150 valence electrons. The molecule has 3 aromatic carbocycles. The van der Waals surface area contributed by atoms with E-state index in [-0.39, 0.29) is 5.57 Å². The van der Waals surface area contributed by atoms with Crippen molar-refractivity contribution < 1.29 is 4.79 Å². The van der Waals surface area contributed by atoms with E-state index in [0.717, 1.165) is 37.3 Å². The zero-order valence-corrected chi connectivity index (χ0v) is 19.0. The monoisotopic (exact) mass is 478 g/mol. The van der Waals surface area contributed by atoms with Crippen molar-refractivity contribution in [2.24, 2.45) is 0 Å². The highest BCUT2D eigenvalue weighted by Crippen LogP contribution is 2.26. The summed E-state index contributed by atoms with van der Waals surface area (Å²) in [6.07, 6.45) is 2.27. The smallest absolute Gasteiger partial charge is 0.266 e. The van der Waals surface area contributed by atoms with Crippen molar-refractivity contribution >= 4 is 45.2 Å². The van der Waals surface area contributed by atoms with Gasteiger partial charge in [0.1, 0.15) is 11.6 Å². The first-order valence-electron chi connectivity index (χ1n) is 9.39. The highest BCUT2D eigenvalue weighted by molar-refractivity contribution is 9.10. The van der Waals surface area contributed by atoms with E-state index in [1.807, 2.05) is 80.6 Å². The third-order valence-electron chi connectivity index (χ3n) is 4.73. The molecule has 0 saturated heterocycles. The van der Waals surface area contributed by atoms with E-state index < -0.39 is 5.91 Å². The van der Waals surface area contributed by atoms with Crippen molar-refractivity contribution in [3.05, 3.63) is 104 Å². The molecule has 3 rings (SSSR count). The number of hydrogen-bond acceptors (Lipinski definition) is 2. The number of benzene rings is 3. The Morgan fingerprint density at radius 1 is 1.10 bits per heavy atom. The number of nitriles is 1. The fourth-order valence-electron chi connectivity index (χ4n) is 3.02. The molecule has 0 radical (unpaired) electrons. The SMILES string of the molecule is Cc1ccc(C)c(NC(=O)/C(C#N)=C/c2ccc(Cc3ccccc3Cl)c(Br)c2)c1. The van der Waals surface area contributed by atoms with Crippen molar-refractivity contribution in [3.63, 3.8) is 0 Å². The normalized spacial score (nSPS) is 11.1. The zero-order valence-electron chi connectivity index (χ0n) is 16.7. The average Bonchev–Trinajstić information content (AvgIpc) is 2.72. The summed E-state index contributed by atoms with van der Waals surface area (Å²) in [5, 5.41) is 13.1. The number of carbonyl (C=O) groups is 1. The number of amides is 1. The van der Waals surface area contributed by atoms with Crippen LogP contribution in [-0.2, 0) is 11.2 Å². The van der Waals surface area contributed by atoms with Crippen LogP contribution in [0.5, 0.6) is 0 Å². The first kappa shape index (κ1) is 21.8. The van der Waals surface area contributed by atoms with Crippen LogP contribution in [0.25, 0.3) is 6.08 Å². The van der Waals surface area contributed by atoms with Gasteiger partial charge in [-0.1, -0.05) is 70.0 Å². The Labute approximate surface area is 190 Å². The maximum Gasteiger partial charge on any atom is 0.266 e. The number of halogens is 2. The lowest BCUT2D eigenvalue weighted by Gasteiger charge is -2.10. The molecule has 0 bridgehead atoms. The van der Waals surface area contributed by atoms with Crippen LogP contribution in [0, 0.1) is 25.2 Å². The largest absolute Gasteiger partial charge is 0.321 e. The summed E-state index contributed by atoms with van der Waals surface area (Å²) in [5.74, 6) is -0.428. The zero-order chi connectivity index (χ0) is 21.7. The number of aryl methyl sites for hydroxylation is 2. The Balaban J connectivity index is 1.81. The van der Waals surface area contributed by atoms with Crippen LogP contribution >= 0.6 is 27.5 Å². The van der Waals surface area contributed by atoms with Gasteiger partial charge < -0.3 is 5.32 Å². The van der Waals surface area contributed by atoms with E-state index in [2.05, 4.69) is 21.2 Å². The molecular formula is C25H20BrClN2O. The Hall–Kier alpha value is -2.87. The Kier molecular flexibility index (Phi) is 7.10. The molecule has 0 fully saturated rings. The second-order valence-electron chi connectivity index (χ2n) is 7.06. The molecule has 1 N–H and O–H groups in total. The highest BCUT2D eigenvalue weighted by atomic mass is 79.9. The van der Waals surface area contributed by atoms with Crippen LogP contribution in [0.3, 0.4) is 0 Å². The topological polar surface area (TPSA) is 52.9 Å². The minimum Gasteiger partial charge on any atom is -0.321 e. The molecule has 0 atom stereocenters. The van der Waals surface area contributed by atoms with E-state index >= 15 is 0 Å². The Bertz CT molecular complexity index is 1180. The fraction of sp³-hybridized carbons (Fsp3) is 0.120. The van der Waals surface area contributed by atoms with Gasteiger partial charge in [-0.15, -0.1) is 0 Å². The van der Waals surface area contributed by atoms with Gasteiger partial charge in [0.25, 0.3) is 5.91 Å². The van der Waals surface area contributed by atoms with Gasteiger partial charge in [-0.25, -0.2) is 0 Å². The molecule has 0 aliphatic heterocycles. The summed E-state index contributed by atoms with van der Waals surface area (Å²) in [4.78, 5) is 12.6. The maximum atomic E-state index is 12.6. The molecule has 3 aromatic rings. The third-order valence-corrected chi connectivity index (χ3v) is 5.84. The molecule has 1 amide bonds. The average molecular weight is 480 g/mol. The summed E-state index contributed by atoms with van der Waals surface area (Å²) in [6, 6.07) is 21.3. The standard InChI is InChI=1S/C25H20BrClN2O/c1-16-7-8-17(2)24(11-16)29-25(30)21(15-28)12-18-9-10-19(22(26)13-18)14-20-5-3-4-6-23(20)27/h3-13H,14H2,1-2H3,(H,29,30)/b21-12+. The van der Waals surface area contributed by atoms with Gasteiger partial charge in [0.15, 0.2) is 0 Å². The highest BCUT2D eigenvalue weighted by Gasteiger charge is 2.12. The number of nitrogens with one attached hydrogen (secondary N) is 1. The first-order chi connectivity index (χ1) is 14.4. The predicted molar refractivity (Wildman–Crippen MR) is 127 cm³/mol. The second kappa shape index (κ2) is 9.75. The molecule has 0 aliphatic rings. The third kappa shape index (κ3) is 5.38. The van der Waals surface area contributed by atoms with E-state index in [9.17, 15) is 10.1 Å². The summed E-state index contributed by atoms with van der Waals surface area (Å²) in [6.45, 7) is 3.87. The van der Waals surface area contributed by atoms with Crippen molar-refractivity contribution in [3.8, 4) is 6.07 Å². The van der Waals surface area contributed by atoms with E-state index in [4.69, 9.17) is 11.6 Å². The summed E-state index contributed by atoms with van der Waals surface area (Å²) >= 11 is 9.86. The summed E-state index contributed by atoms with van der Waals surface area (Å²) in [7, 11) is 0. The van der Waals surface area contributed by atoms with Crippen molar-refractivity contribution in [1.29, 1.82) is 5.26 Å². The van der Waals surface area contributed by atoms with E-state index in [0.29, 0.717) is 12.1 Å². The fourth-order valence-corrected chi connectivity index (χ4v) is 3.76. The van der Waals surface area contributed by atoms with Crippen LogP contribution in [0.15, 0.2) is 70.7 Å². The molecule has 0 aromatic heterocycles. The lowest BCUT2D eigenvalue weighted by molar-refractivity contribution is -0.112. The number of rotatable bonds is 5. The molecule has 3 nitrogen and oxygen atoms in total. The molecule has 5 heteroatoms. The van der Waals surface area contributed by atoms with Crippen molar-refractivity contribution in [2.45, 2.75) is 20.3 Å². The number of anilines is 1. The van der Waals surface area contributed by atoms with Crippen LogP contribution < -0.4 is 5.32 Å². The Morgan fingerprint density at radius 2 is 1.87 bits per heavy atom. The molecule has 30 heavy (non-hydrogen) atoms. The molecule has 0 spiro atoms. The van der Waals surface area contributed by atoms with E-state index in [1.54, 1.807) is 6.08 Å². The molecular weight excluding hydrogens is 460 g/mol. The van der Waals surface area contributed by atoms with Gasteiger partial charge in [0.05, 0.1) is 0 Å². The van der Waals surface area contributed by atoms with Gasteiger partial charge >= 0.3 is 0 Å². The molecule has 0 unspecified atom stereocenters. The van der Waals surface area contributed by atoms with Crippen LogP contribution in [-0.4, -0.2) is 5.91 Å². The van der Waals surface area contributed by atoms with Crippen LogP contribution in [0.2, 0.25) is 5.02 Å². The minimum atomic E-state index is -0.428. The van der Waals surface area contributed by atoms with Gasteiger partial charge in [0.2, 0.25) is 0 Å². The number of hydrogen-bond donors (Lipinski definition) is 1. The van der Waals surface area contributed by atoms with E-state index in [1.165, 1.54) is 0 Å². The molecule has 0 heterocycles. The maximum absolute atomic E-state index is 12.6. The summed E-state index contributed by atoms with van der Waals surface area (Å²) < 4.78 is 0.892. The lowest BCUT2D eigenvalue weighted by atomic mass is 10.0. The first-order valence-corrected chi connectivity index (χ1v) is 10.6. The second-order valence-corrected chi connectivity index (χ2v) is 8.32. The molecule has 0 saturated carbocycles. The number of nitrogens with zero attached hydrogens (tertiary/aromatic N) is 1. The quantitative estimate of drug-likeness (QED) is 0.321. The minimum absolute atomic E-state index is 0.0432.